The molecule has 0 atom stereocenters. The molecular formula is C26H19N3O3S. The third kappa shape index (κ3) is 4.36. The largest absolute Gasteiger partial charge is 0.283 e. The maximum Gasteiger partial charge on any atom is 0.269 e. The highest BCUT2D eigenvalue weighted by molar-refractivity contribution is 7.98. The Balaban J connectivity index is 1.58. The van der Waals surface area contributed by atoms with Crippen molar-refractivity contribution >= 4 is 39.1 Å². The van der Waals surface area contributed by atoms with Crippen LogP contribution in [0.15, 0.2) is 101 Å². The van der Waals surface area contributed by atoms with Gasteiger partial charge in [0.25, 0.3) is 11.2 Å². The number of fused-ring (bicyclic) bond motifs is 2. The van der Waals surface area contributed by atoms with Crippen LogP contribution in [-0.2, 0) is 12.3 Å². The monoisotopic (exact) mass is 453 g/mol. The summed E-state index contributed by atoms with van der Waals surface area (Å²) in [5.41, 5.74) is 2.57. The van der Waals surface area contributed by atoms with E-state index in [-0.39, 0.29) is 11.2 Å². The topological polar surface area (TPSA) is 78.0 Å². The highest BCUT2D eigenvalue weighted by atomic mass is 32.2. The van der Waals surface area contributed by atoms with Gasteiger partial charge >= 0.3 is 0 Å². The maximum absolute atomic E-state index is 13.6. The minimum absolute atomic E-state index is 0.0560. The average Bonchev–Trinajstić information content (AvgIpc) is 2.84. The second-order valence-corrected chi connectivity index (χ2v) is 8.64. The summed E-state index contributed by atoms with van der Waals surface area (Å²) in [5.74, 6) is 0.540. The summed E-state index contributed by atoms with van der Waals surface area (Å²) in [6.07, 6.45) is 0. The average molecular weight is 454 g/mol. The number of hydrogen-bond donors (Lipinski definition) is 0. The van der Waals surface area contributed by atoms with E-state index >= 15 is 0 Å². The number of hydrogen-bond acceptors (Lipinski definition) is 5. The molecule has 33 heavy (non-hydrogen) atoms. The summed E-state index contributed by atoms with van der Waals surface area (Å²) < 4.78 is 1.71. The SMILES string of the molecule is O=c1c2cc3ccccc3cc2nc(SCc2ccc([N+](=O)[O-])cc2)n1Cc1ccccc1. The van der Waals surface area contributed by atoms with Crippen LogP contribution >= 0.6 is 11.8 Å². The van der Waals surface area contributed by atoms with Gasteiger partial charge in [0.1, 0.15) is 0 Å². The predicted molar refractivity (Wildman–Crippen MR) is 132 cm³/mol. The van der Waals surface area contributed by atoms with Gasteiger partial charge in [-0.05, 0) is 34.0 Å². The molecule has 0 amide bonds. The van der Waals surface area contributed by atoms with Crippen molar-refractivity contribution in [2.75, 3.05) is 0 Å². The summed E-state index contributed by atoms with van der Waals surface area (Å²) in [5, 5.41) is 14.2. The van der Waals surface area contributed by atoms with Crippen molar-refractivity contribution in [1.29, 1.82) is 0 Å². The summed E-state index contributed by atoms with van der Waals surface area (Å²) in [7, 11) is 0. The zero-order valence-electron chi connectivity index (χ0n) is 17.5. The van der Waals surface area contributed by atoms with Crippen molar-refractivity contribution in [2.24, 2.45) is 0 Å². The van der Waals surface area contributed by atoms with Gasteiger partial charge in [-0.1, -0.05) is 78.5 Å². The van der Waals surface area contributed by atoms with Crippen LogP contribution in [0.25, 0.3) is 21.7 Å². The molecule has 0 bridgehead atoms. The number of aromatic nitrogens is 2. The van der Waals surface area contributed by atoms with Gasteiger partial charge in [-0.2, -0.15) is 0 Å². The highest BCUT2D eigenvalue weighted by Crippen LogP contribution is 2.26. The number of thioether (sulfide) groups is 1. The van der Waals surface area contributed by atoms with Crippen LogP contribution in [0, 0.1) is 10.1 Å². The van der Waals surface area contributed by atoms with E-state index in [4.69, 9.17) is 4.98 Å². The zero-order chi connectivity index (χ0) is 22.8. The molecule has 0 spiro atoms. The van der Waals surface area contributed by atoms with Gasteiger partial charge in [0.05, 0.1) is 22.4 Å². The number of nitro benzene ring substituents is 1. The van der Waals surface area contributed by atoms with Crippen LogP contribution in [0.2, 0.25) is 0 Å². The molecule has 5 rings (SSSR count). The quantitative estimate of drug-likeness (QED) is 0.107. The summed E-state index contributed by atoms with van der Waals surface area (Å²) in [6, 6.07) is 28.1. The van der Waals surface area contributed by atoms with E-state index in [0.29, 0.717) is 28.4 Å². The Hall–Kier alpha value is -3.97. The second-order valence-electron chi connectivity index (χ2n) is 7.70. The van der Waals surface area contributed by atoms with E-state index in [1.807, 2.05) is 66.7 Å². The number of rotatable bonds is 6. The number of non-ortho nitro benzene ring substituents is 1. The number of nitro groups is 1. The first-order valence-electron chi connectivity index (χ1n) is 10.4. The van der Waals surface area contributed by atoms with Crippen molar-refractivity contribution < 1.29 is 4.92 Å². The van der Waals surface area contributed by atoms with Gasteiger partial charge in [0.15, 0.2) is 5.16 Å². The molecule has 0 fully saturated rings. The van der Waals surface area contributed by atoms with Crippen molar-refractivity contribution in [2.45, 2.75) is 17.5 Å². The summed E-state index contributed by atoms with van der Waals surface area (Å²) in [4.78, 5) is 28.9. The molecule has 1 heterocycles. The minimum Gasteiger partial charge on any atom is -0.283 e. The Morgan fingerprint density at radius 1 is 0.848 bits per heavy atom. The Morgan fingerprint density at radius 2 is 1.52 bits per heavy atom. The van der Waals surface area contributed by atoms with E-state index in [9.17, 15) is 14.9 Å². The van der Waals surface area contributed by atoms with Crippen LogP contribution < -0.4 is 5.56 Å². The van der Waals surface area contributed by atoms with Gasteiger partial charge < -0.3 is 0 Å². The van der Waals surface area contributed by atoms with E-state index in [0.717, 1.165) is 21.9 Å². The maximum atomic E-state index is 13.6. The van der Waals surface area contributed by atoms with Crippen molar-refractivity contribution in [1.82, 2.24) is 9.55 Å². The molecule has 0 saturated carbocycles. The molecule has 7 heteroatoms. The van der Waals surface area contributed by atoms with Gasteiger partial charge in [0, 0.05) is 17.9 Å². The van der Waals surface area contributed by atoms with Gasteiger partial charge in [0.2, 0.25) is 0 Å². The normalized spacial score (nSPS) is 11.2. The summed E-state index contributed by atoms with van der Waals surface area (Å²) in [6.45, 7) is 0.415. The fourth-order valence-corrected chi connectivity index (χ4v) is 4.72. The van der Waals surface area contributed by atoms with E-state index in [2.05, 4.69) is 0 Å². The van der Waals surface area contributed by atoms with Crippen LogP contribution in [0.3, 0.4) is 0 Å². The first-order valence-corrected chi connectivity index (χ1v) is 11.4. The van der Waals surface area contributed by atoms with Crippen LogP contribution in [0.4, 0.5) is 5.69 Å². The molecule has 0 N–H and O–H groups in total. The fourth-order valence-electron chi connectivity index (χ4n) is 3.77. The molecule has 4 aromatic carbocycles. The lowest BCUT2D eigenvalue weighted by molar-refractivity contribution is -0.384. The van der Waals surface area contributed by atoms with E-state index in [1.165, 1.54) is 23.9 Å². The van der Waals surface area contributed by atoms with Gasteiger partial charge in [-0.25, -0.2) is 4.98 Å². The molecule has 0 radical (unpaired) electrons. The Kier molecular flexibility index (Phi) is 5.62. The van der Waals surface area contributed by atoms with Crippen LogP contribution in [-0.4, -0.2) is 14.5 Å². The van der Waals surface area contributed by atoms with Crippen LogP contribution in [0.1, 0.15) is 11.1 Å². The standard InChI is InChI=1S/C26H19N3O3S/c30-25-23-14-20-8-4-5-9-21(20)15-24(23)27-26(28(25)16-18-6-2-1-3-7-18)33-17-19-10-12-22(13-11-19)29(31)32/h1-15H,16-17H2. The Morgan fingerprint density at radius 3 is 2.21 bits per heavy atom. The molecule has 5 aromatic rings. The lowest BCUT2D eigenvalue weighted by Gasteiger charge is -2.14. The van der Waals surface area contributed by atoms with Gasteiger partial charge in [-0.3, -0.25) is 19.5 Å². The number of nitrogens with zero attached hydrogens (tertiary/aromatic N) is 3. The molecule has 0 aliphatic heterocycles. The lowest BCUT2D eigenvalue weighted by Crippen LogP contribution is -2.24. The van der Waals surface area contributed by atoms with Gasteiger partial charge in [-0.15, -0.1) is 0 Å². The molecule has 0 saturated heterocycles. The third-order valence-corrected chi connectivity index (χ3v) is 6.53. The zero-order valence-corrected chi connectivity index (χ0v) is 18.4. The van der Waals surface area contributed by atoms with E-state index < -0.39 is 4.92 Å². The Bertz CT molecular complexity index is 1530. The predicted octanol–water partition coefficient (Wildman–Crippen LogP) is 5.80. The molecular weight excluding hydrogens is 434 g/mol. The van der Waals surface area contributed by atoms with Crippen molar-refractivity contribution in [3.8, 4) is 0 Å². The summed E-state index contributed by atoms with van der Waals surface area (Å²) >= 11 is 1.45. The lowest BCUT2D eigenvalue weighted by atomic mass is 10.1. The van der Waals surface area contributed by atoms with Crippen molar-refractivity contribution in [3.63, 3.8) is 0 Å². The molecule has 162 valence electrons. The van der Waals surface area contributed by atoms with E-state index in [1.54, 1.807) is 16.7 Å². The number of benzene rings is 4. The molecule has 0 unspecified atom stereocenters. The molecule has 0 aliphatic carbocycles. The highest BCUT2D eigenvalue weighted by Gasteiger charge is 2.14. The molecule has 0 aliphatic rings. The molecule has 1 aromatic heterocycles. The third-order valence-electron chi connectivity index (χ3n) is 5.49. The first kappa shape index (κ1) is 20.9. The second kappa shape index (κ2) is 8.88. The minimum atomic E-state index is -0.413. The van der Waals surface area contributed by atoms with Crippen molar-refractivity contribution in [3.05, 3.63) is 123 Å². The first-order chi connectivity index (χ1) is 16.1. The fraction of sp³-hybridized carbons (Fsp3) is 0.0769. The van der Waals surface area contributed by atoms with Crippen LogP contribution in [0.5, 0.6) is 0 Å². The molecule has 6 nitrogen and oxygen atoms in total. The Labute approximate surface area is 193 Å². The smallest absolute Gasteiger partial charge is 0.269 e.